The molecule has 0 aromatic carbocycles. The molecule has 8 nitrogen and oxygen atoms in total. The van der Waals surface area contributed by atoms with Gasteiger partial charge in [0, 0.05) is 18.4 Å². The standard InChI is InChI=1S/C21H24ClFN6O2/c1-21(2,31)18(23)10-26-20(30)15-8-24-16(6-17(15)28-13-4-3-5-13)14-9-27-29-11-12(22)7-25-19(14)29/h6-9,11,13,18,31H,3-5,10H2,1-2H3,(H,24,28)(H,26,30). The van der Waals surface area contributed by atoms with Crippen LogP contribution in [0, 0.1) is 0 Å². The van der Waals surface area contributed by atoms with Crippen LogP contribution in [0.3, 0.4) is 0 Å². The van der Waals surface area contributed by atoms with Crippen molar-refractivity contribution in [2.24, 2.45) is 0 Å². The summed E-state index contributed by atoms with van der Waals surface area (Å²) in [6.45, 7) is 2.42. The number of aliphatic hydroxyl groups is 1. The van der Waals surface area contributed by atoms with E-state index in [2.05, 4.69) is 25.7 Å². The molecule has 3 heterocycles. The molecule has 3 aromatic rings. The van der Waals surface area contributed by atoms with Crippen molar-refractivity contribution >= 4 is 28.8 Å². The Kier molecular flexibility index (Phi) is 5.81. The average Bonchev–Trinajstić information content (AvgIpc) is 3.10. The van der Waals surface area contributed by atoms with Crippen LogP contribution in [0.5, 0.6) is 0 Å². The molecule has 1 atom stereocenters. The first-order valence-electron chi connectivity index (χ1n) is 10.1. The number of nitrogens with zero attached hydrogens (tertiary/aromatic N) is 4. The lowest BCUT2D eigenvalue weighted by atomic mass is 9.92. The van der Waals surface area contributed by atoms with E-state index in [1.165, 1.54) is 26.2 Å². The lowest BCUT2D eigenvalue weighted by Gasteiger charge is -2.28. The fourth-order valence-corrected chi connectivity index (χ4v) is 3.38. The Labute approximate surface area is 183 Å². The van der Waals surface area contributed by atoms with Crippen molar-refractivity contribution in [1.29, 1.82) is 0 Å². The molecule has 1 aliphatic rings. The number of anilines is 1. The molecule has 4 rings (SSSR count). The Hall–Kier alpha value is -2.78. The molecule has 10 heteroatoms. The zero-order valence-corrected chi connectivity index (χ0v) is 18.0. The highest BCUT2D eigenvalue weighted by molar-refractivity contribution is 6.30. The first-order valence-corrected chi connectivity index (χ1v) is 10.5. The Balaban J connectivity index is 1.63. The molecule has 1 unspecified atom stereocenters. The quantitative estimate of drug-likeness (QED) is 0.514. The fraction of sp³-hybridized carbons (Fsp3) is 0.429. The van der Waals surface area contributed by atoms with Gasteiger partial charge < -0.3 is 15.7 Å². The van der Waals surface area contributed by atoms with E-state index in [-0.39, 0.29) is 12.6 Å². The van der Waals surface area contributed by atoms with Crippen molar-refractivity contribution in [2.45, 2.75) is 50.9 Å². The van der Waals surface area contributed by atoms with E-state index < -0.39 is 17.7 Å². The number of halogens is 2. The summed E-state index contributed by atoms with van der Waals surface area (Å²) in [5.41, 5.74) is 1.27. The summed E-state index contributed by atoms with van der Waals surface area (Å²) >= 11 is 5.98. The Bertz CT molecular complexity index is 1110. The number of rotatable bonds is 7. The van der Waals surface area contributed by atoms with Crippen LogP contribution in [0.25, 0.3) is 16.9 Å². The van der Waals surface area contributed by atoms with E-state index in [1.54, 1.807) is 23.0 Å². The third-order valence-electron chi connectivity index (χ3n) is 5.42. The SMILES string of the molecule is CC(C)(O)C(F)CNC(=O)c1cnc(-c2cnn3cc(Cl)cnc23)cc1NC1CCC1. The van der Waals surface area contributed by atoms with Crippen molar-refractivity contribution in [1.82, 2.24) is 24.9 Å². The minimum absolute atomic E-state index is 0.271. The summed E-state index contributed by atoms with van der Waals surface area (Å²) in [6, 6.07) is 2.05. The van der Waals surface area contributed by atoms with Crippen LogP contribution >= 0.6 is 11.6 Å². The van der Waals surface area contributed by atoms with Crippen molar-refractivity contribution < 1.29 is 14.3 Å². The van der Waals surface area contributed by atoms with Crippen LogP contribution in [0.4, 0.5) is 10.1 Å². The van der Waals surface area contributed by atoms with Crippen molar-refractivity contribution in [3.8, 4) is 11.3 Å². The van der Waals surface area contributed by atoms with Gasteiger partial charge in [0.15, 0.2) is 5.65 Å². The molecule has 0 aliphatic heterocycles. The van der Waals surface area contributed by atoms with Gasteiger partial charge in [-0.1, -0.05) is 11.6 Å². The van der Waals surface area contributed by atoms with Gasteiger partial charge in [-0.05, 0) is 39.2 Å². The summed E-state index contributed by atoms with van der Waals surface area (Å²) in [7, 11) is 0. The van der Waals surface area contributed by atoms with Crippen LogP contribution < -0.4 is 10.6 Å². The molecule has 0 spiro atoms. The molecule has 1 aliphatic carbocycles. The number of alkyl halides is 1. The monoisotopic (exact) mass is 446 g/mol. The molecule has 3 N–H and O–H groups in total. The second-order valence-corrected chi connectivity index (χ2v) is 8.75. The van der Waals surface area contributed by atoms with Gasteiger partial charge in [-0.2, -0.15) is 5.10 Å². The second kappa shape index (κ2) is 8.39. The number of aromatic nitrogens is 4. The van der Waals surface area contributed by atoms with E-state index in [4.69, 9.17) is 11.6 Å². The van der Waals surface area contributed by atoms with Crippen molar-refractivity contribution in [2.75, 3.05) is 11.9 Å². The van der Waals surface area contributed by atoms with Gasteiger partial charge >= 0.3 is 0 Å². The van der Waals surface area contributed by atoms with Crippen molar-refractivity contribution in [3.63, 3.8) is 0 Å². The average molecular weight is 447 g/mol. The summed E-state index contributed by atoms with van der Waals surface area (Å²) in [5, 5.41) is 20.4. The zero-order valence-electron chi connectivity index (χ0n) is 17.3. The topological polar surface area (TPSA) is 104 Å². The molecule has 164 valence electrons. The minimum atomic E-state index is -1.59. The summed E-state index contributed by atoms with van der Waals surface area (Å²) in [4.78, 5) is 21.5. The van der Waals surface area contributed by atoms with Crippen LogP contribution in [-0.2, 0) is 0 Å². The van der Waals surface area contributed by atoms with Gasteiger partial charge in [-0.25, -0.2) is 13.9 Å². The first kappa shape index (κ1) is 21.5. The third-order valence-corrected chi connectivity index (χ3v) is 5.62. The molecule has 0 saturated heterocycles. The van der Waals surface area contributed by atoms with Crippen molar-refractivity contribution in [3.05, 3.63) is 41.4 Å². The Morgan fingerprint density at radius 1 is 1.35 bits per heavy atom. The smallest absolute Gasteiger partial charge is 0.255 e. The van der Waals surface area contributed by atoms with Crippen LogP contribution in [-0.4, -0.2) is 55.0 Å². The number of pyridine rings is 1. The Morgan fingerprint density at radius 3 is 2.81 bits per heavy atom. The highest BCUT2D eigenvalue weighted by atomic mass is 35.5. The largest absolute Gasteiger partial charge is 0.387 e. The number of hydrogen-bond donors (Lipinski definition) is 3. The molecular weight excluding hydrogens is 423 g/mol. The van der Waals surface area contributed by atoms with Gasteiger partial charge in [-0.3, -0.25) is 9.78 Å². The highest BCUT2D eigenvalue weighted by Gasteiger charge is 2.28. The Morgan fingerprint density at radius 2 is 2.13 bits per heavy atom. The zero-order chi connectivity index (χ0) is 22.2. The number of amides is 1. The van der Waals surface area contributed by atoms with E-state index in [0.29, 0.717) is 33.2 Å². The molecule has 0 bridgehead atoms. The molecule has 1 fully saturated rings. The second-order valence-electron chi connectivity index (χ2n) is 8.32. The highest BCUT2D eigenvalue weighted by Crippen LogP contribution is 2.30. The molecule has 1 amide bonds. The molecule has 1 saturated carbocycles. The van der Waals surface area contributed by atoms with Gasteiger partial charge in [0.1, 0.15) is 6.17 Å². The molecule has 0 radical (unpaired) electrons. The van der Waals surface area contributed by atoms with E-state index in [0.717, 1.165) is 19.3 Å². The van der Waals surface area contributed by atoms with Crippen LogP contribution in [0.2, 0.25) is 5.02 Å². The number of carbonyl (C=O) groups is 1. The summed E-state index contributed by atoms with van der Waals surface area (Å²) in [6.07, 6.45) is 7.86. The summed E-state index contributed by atoms with van der Waals surface area (Å²) in [5.74, 6) is -0.461. The van der Waals surface area contributed by atoms with Crippen LogP contribution in [0.15, 0.2) is 30.9 Å². The normalized spacial score (nSPS) is 15.5. The maximum Gasteiger partial charge on any atom is 0.255 e. The number of fused-ring (bicyclic) bond motifs is 1. The predicted octanol–water partition coefficient (Wildman–Crippen LogP) is 3.25. The number of nitrogens with one attached hydrogen (secondary N) is 2. The number of carbonyl (C=O) groups excluding carboxylic acids is 1. The third kappa shape index (κ3) is 4.62. The maximum atomic E-state index is 14.1. The molecule has 3 aromatic heterocycles. The van der Waals surface area contributed by atoms with Gasteiger partial charge in [-0.15, -0.1) is 0 Å². The van der Waals surface area contributed by atoms with E-state index in [1.807, 2.05) is 0 Å². The summed E-state index contributed by atoms with van der Waals surface area (Å²) < 4.78 is 15.6. The lowest BCUT2D eigenvalue weighted by Crippen LogP contribution is -2.42. The van der Waals surface area contributed by atoms with E-state index in [9.17, 15) is 14.3 Å². The predicted molar refractivity (Wildman–Crippen MR) is 116 cm³/mol. The first-order chi connectivity index (χ1) is 14.7. The van der Waals surface area contributed by atoms with Crippen LogP contribution in [0.1, 0.15) is 43.5 Å². The molecule has 31 heavy (non-hydrogen) atoms. The van der Waals surface area contributed by atoms with Gasteiger partial charge in [0.05, 0.1) is 52.1 Å². The lowest BCUT2D eigenvalue weighted by molar-refractivity contribution is -0.00177. The number of hydrogen-bond acceptors (Lipinski definition) is 6. The minimum Gasteiger partial charge on any atom is -0.387 e. The van der Waals surface area contributed by atoms with Gasteiger partial charge in [0.2, 0.25) is 0 Å². The van der Waals surface area contributed by atoms with Gasteiger partial charge in [0.25, 0.3) is 5.91 Å². The fourth-order valence-electron chi connectivity index (χ4n) is 3.24. The molecular formula is C21H24ClFN6O2. The van der Waals surface area contributed by atoms with E-state index >= 15 is 0 Å². The maximum absolute atomic E-state index is 14.1.